The maximum atomic E-state index is 11.7. The number of ether oxygens (including phenoxy) is 1. The van der Waals surface area contributed by atoms with Crippen LogP contribution in [0.5, 0.6) is 0 Å². The van der Waals surface area contributed by atoms with E-state index < -0.39 is 18.0 Å². The van der Waals surface area contributed by atoms with Gasteiger partial charge in [-0.1, -0.05) is 6.92 Å². The molecule has 2 rings (SSSR count). The van der Waals surface area contributed by atoms with Gasteiger partial charge in [-0.05, 0) is 13.3 Å². The van der Waals surface area contributed by atoms with Crippen LogP contribution in [0.15, 0.2) is 15.8 Å². The summed E-state index contributed by atoms with van der Waals surface area (Å²) >= 11 is 0. The van der Waals surface area contributed by atoms with Crippen LogP contribution in [0, 0.1) is 0 Å². The van der Waals surface area contributed by atoms with Crippen molar-refractivity contribution < 1.29 is 9.84 Å². The smallest absolute Gasteiger partial charge is 0.330 e. The molecule has 1 aromatic heterocycles. The van der Waals surface area contributed by atoms with Crippen molar-refractivity contribution in [3.8, 4) is 0 Å². The number of aliphatic hydroxyl groups excluding tert-OH is 1. The molecule has 0 spiro atoms. The minimum absolute atomic E-state index is 0.302. The summed E-state index contributed by atoms with van der Waals surface area (Å²) in [7, 11) is 0. The van der Waals surface area contributed by atoms with E-state index in [0.717, 1.165) is 0 Å². The average Bonchev–Trinajstić information content (AvgIpc) is 2.59. The zero-order valence-corrected chi connectivity index (χ0v) is 9.84. The minimum atomic E-state index is -0.580. The molecule has 0 bridgehead atoms. The van der Waals surface area contributed by atoms with Crippen LogP contribution in [-0.4, -0.2) is 26.9 Å². The molecule has 94 valence electrons. The molecule has 6 heteroatoms. The zero-order valence-electron chi connectivity index (χ0n) is 9.84. The van der Waals surface area contributed by atoms with Crippen LogP contribution in [0.4, 0.5) is 0 Å². The monoisotopic (exact) mass is 240 g/mol. The van der Waals surface area contributed by atoms with Gasteiger partial charge in [-0.25, -0.2) is 4.79 Å². The third-order valence-corrected chi connectivity index (χ3v) is 3.09. The van der Waals surface area contributed by atoms with Gasteiger partial charge >= 0.3 is 5.69 Å². The fourth-order valence-electron chi connectivity index (χ4n) is 1.96. The predicted molar refractivity (Wildman–Crippen MR) is 60.9 cm³/mol. The highest BCUT2D eigenvalue weighted by Crippen LogP contribution is 2.26. The Morgan fingerprint density at radius 3 is 2.82 bits per heavy atom. The first-order valence-corrected chi connectivity index (χ1v) is 5.70. The van der Waals surface area contributed by atoms with Gasteiger partial charge in [0.05, 0.1) is 12.2 Å². The lowest BCUT2D eigenvalue weighted by Gasteiger charge is -2.14. The molecule has 2 heterocycles. The first-order chi connectivity index (χ1) is 8.02. The van der Waals surface area contributed by atoms with Crippen molar-refractivity contribution in [3.63, 3.8) is 0 Å². The number of aliphatic hydroxyl groups is 1. The first kappa shape index (κ1) is 12.1. The lowest BCUT2D eigenvalue weighted by atomic mass is 10.2. The van der Waals surface area contributed by atoms with Crippen molar-refractivity contribution in [1.29, 1.82) is 0 Å². The molecule has 0 aliphatic carbocycles. The Morgan fingerprint density at radius 2 is 2.29 bits per heavy atom. The van der Waals surface area contributed by atoms with Crippen molar-refractivity contribution in [1.82, 2.24) is 9.55 Å². The third-order valence-electron chi connectivity index (χ3n) is 3.09. The van der Waals surface area contributed by atoms with Crippen LogP contribution < -0.4 is 11.2 Å². The van der Waals surface area contributed by atoms with Crippen LogP contribution in [-0.2, 0) is 11.2 Å². The number of aryl methyl sites for hydroxylation is 1. The lowest BCUT2D eigenvalue weighted by Crippen LogP contribution is -2.34. The molecular weight excluding hydrogens is 224 g/mol. The van der Waals surface area contributed by atoms with Gasteiger partial charge in [0.25, 0.3) is 5.56 Å². The summed E-state index contributed by atoms with van der Waals surface area (Å²) in [4.78, 5) is 25.3. The van der Waals surface area contributed by atoms with Gasteiger partial charge in [0.2, 0.25) is 0 Å². The summed E-state index contributed by atoms with van der Waals surface area (Å²) in [6.45, 7) is 3.59. The number of nitrogens with zero attached hydrogens (tertiary/aromatic N) is 1. The van der Waals surface area contributed by atoms with Gasteiger partial charge in [-0.3, -0.25) is 14.3 Å². The first-order valence-electron chi connectivity index (χ1n) is 5.70. The standard InChI is InChI=1S/C11H16N2O4/c1-3-7-5-13(11(16)12-10(7)15)9-4-8(14)6(2)17-9/h5-6,8-9,14H,3-4H2,1-2H3,(H,12,15,16)/t6-,8+,9-/m1/s1. The molecule has 0 radical (unpaired) electrons. The maximum absolute atomic E-state index is 11.7. The Balaban J connectivity index is 2.40. The van der Waals surface area contributed by atoms with E-state index in [1.54, 1.807) is 6.92 Å². The third kappa shape index (κ3) is 2.18. The van der Waals surface area contributed by atoms with Gasteiger partial charge in [0, 0.05) is 18.2 Å². The number of aromatic amines is 1. The van der Waals surface area contributed by atoms with Crippen molar-refractivity contribution in [2.45, 2.75) is 45.1 Å². The summed E-state index contributed by atoms with van der Waals surface area (Å²) in [5, 5.41) is 9.59. The Labute approximate surface area is 97.9 Å². The molecule has 6 nitrogen and oxygen atoms in total. The van der Waals surface area contributed by atoms with Gasteiger partial charge in [-0.2, -0.15) is 0 Å². The van der Waals surface area contributed by atoms with Crippen molar-refractivity contribution in [3.05, 3.63) is 32.6 Å². The van der Waals surface area contributed by atoms with Crippen LogP contribution in [0.3, 0.4) is 0 Å². The van der Waals surface area contributed by atoms with Crippen LogP contribution in [0.25, 0.3) is 0 Å². The summed E-state index contributed by atoms with van der Waals surface area (Å²) in [6, 6.07) is 0. The highest BCUT2D eigenvalue weighted by atomic mass is 16.5. The number of hydrogen-bond donors (Lipinski definition) is 2. The Kier molecular flexibility index (Phi) is 3.17. The maximum Gasteiger partial charge on any atom is 0.330 e. The molecule has 0 saturated carbocycles. The molecule has 3 atom stereocenters. The molecule has 1 saturated heterocycles. The van der Waals surface area contributed by atoms with Gasteiger partial charge < -0.3 is 9.84 Å². The summed E-state index contributed by atoms with van der Waals surface area (Å²) in [5.41, 5.74) is -0.332. The molecule has 17 heavy (non-hydrogen) atoms. The number of hydrogen-bond acceptors (Lipinski definition) is 4. The summed E-state index contributed by atoms with van der Waals surface area (Å²) in [6.07, 6.45) is 1.02. The SMILES string of the molecule is CCc1cn([C@H]2C[C@H](O)[C@@H](C)O2)c(=O)[nH]c1=O. The van der Waals surface area contributed by atoms with Crippen molar-refractivity contribution in [2.24, 2.45) is 0 Å². The number of rotatable bonds is 2. The number of H-pyrrole nitrogens is 1. The Bertz CT molecular complexity index is 509. The topological polar surface area (TPSA) is 84.3 Å². The molecular formula is C11H16N2O4. The van der Waals surface area contributed by atoms with E-state index in [-0.39, 0.29) is 11.7 Å². The van der Waals surface area contributed by atoms with E-state index in [4.69, 9.17) is 4.74 Å². The van der Waals surface area contributed by atoms with E-state index in [1.165, 1.54) is 10.8 Å². The summed E-state index contributed by atoms with van der Waals surface area (Å²) < 4.78 is 6.81. The van der Waals surface area contributed by atoms with Gasteiger partial charge in [-0.15, -0.1) is 0 Å². The zero-order chi connectivity index (χ0) is 12.6. The van der Waals surface area contributed by atoms with E-state index >= 15 is 0 Å². The number of nitrogens with one attached hydrogen (secondary N) is 1. The summed E-state index contributed by atoms with van der Waals surface area (Å²) in [5.74, 6) is 0. The molecule has 1 fully saturated rings. The van der Waals surface area contributed by atoms with E-state index in [0.29, 0.717) is 18.4 Å². The molecule has 0 unspecified atom stereocenters. The molecule has 0 amide bonds. The fourth-order valence-corrected chi connectivity index (χ4v) is 1.96. The lowest BCUT2D eigenvalue weighted by molar-refractivity contribution is -0.0102. The van der Waals surface area contributed by atoms with E-state index in [1.807, 2.05) is 6.92 Å². The molecule has 1 aromatic rings. The molecule has 1 aliphatic rings. The molecule has 2 N–H and O–H groups in total. The van der Waals surface area contributed by atoms with Crippen LogP contribution in [0.2, 0.25) is 0 Å². The van der Waals surface area contributed by atoms with Crippen LogP contribution in [0.1, 0.15) is 32.1 Å². The van der Waals surface area contributed by atoms with Crippen LogP contribution >= 0.6 is 0 Å². The van der Waals surface area contributed by atoms with E-state index in [2.05, 4.69) is 4.98 Å². The number of aromatic nitrogens is 2. The highest BCUT2D eigenvalue weighted by Gasteiger charge is 2.32. The minimum Gasteiger partial charge on any atom is -0.390 e. The Hall–Kier alpha value is -1.40. The second-order valence-corrected chi connectivity index (χ2v) is 4.27. The predicted octanol–water partition coefficient (Wildman–Crippen LogP) is -0.233. The highest BCUT2D eigenvalue weighted by molar-refractivity contribution is 5.04. The largest absolute Gasteiger partial charge is 0.390 e. The van der Waals surface area contributed by atoms with E-state index in [9.17, 15) is 14.7 Å². The quantitative estimate of drug-likeness (QED) is 0.747. The second-order valence-electron chi connectivity index (χ2n) is 4.27. The molecule has 0 aromatic carbocycles. The van der Waals surface area contributed by atoms with Crippen molar-refractivity contribution in [2.75, 3.05) is 0 Å². The fraction of sp³-hybridized carbons (Fsp3) is 0.636. The van der Waals surface area contributed by atoms with Gasteiger partial charge in [0.1, 0.15) is 6.23 Å². The molecule has 1 aliphatic heterocycles. The van der Waals surface area contributed by atoms with Crippen molar-refractivity contribution >= 4 is 0 Å². The van der Waals surface area contributed by atoms with Gasteiger partial charge in [0.15, 0.2) is 0 Å². The second kappa shape index (κ2) is 4.46. The normalized spacial score (nSPS) is 28.5. The Morgan fingerprint density at radius 1 is 1.59 bits per heavy atom. The average molecular weight is 240 g/mol.